The van der Waals surface area contributed by atoms with Crippen molar-refractivity contribution in [3.63, 3.8) is 0 Å². The van der Waals surface area contributed by atoms with Gasteiger partial charge in [-0.25, -0.2) is 0 Å². The molecule has 0 bridgehead atoms. The molecule has 0 aromatic rings. The van der Waals surface area contributed by atoms with Crippen LogP contribution in [0.4, 0.5) is 13.2 Å². The monoisotopic (exact) mass is 384 g/mol. The van der Waals surface area contributed by atoms with Crippen LogP contribution in [0.2, 0.25) is 0 Å². The molecule has 1 N–H and O–H groups in total. The smallest absolute Gasteiger partial charge is 0.380 e. The van der Waals surface area contributed by atoms with Crippen LogP contribution in [0.15, 0.2) is 11.6 Å². The number of halogens is 3. The van der Waals surface area contributed by atoms with Crippen LogP contribution in [-0.4, -0.2) is 22.7 Å². The molecule has 2 nitrogen and oxygen atoms in total. The van der Waals surface area contributed by atoms with Crippen molar-refractivity contribution in [2.75, 3.05) is 0 Å². The van der Waals surface area contributed by atoms with Gasteiger partial charge in [-0.2, -0.15) is 13.2 Å². The van der Waals surface area contributed by atoms with Crippen molar-refractivity contribution in [3.05, 3.63) is 11.6 Å². The molecule has 0 aliphatic heterocycles. The van der Waals surface area contributed by atoms with E-state index >= 15 is 0 Å². The summed E-state index contributed by atoms with van der Waals surface area (Å²) in [4.78, 5) is 12.2. The van der Waals surface area contributed by atoms with E-state index in [1.165, 1.54) is 5.57 Å². The Hall–Kier alpha value is -0.840. The van der Waals surface area contributed by atoms with E-state index in [1.54, 1.807) is 6.92 Å². The first kappa shape index (κ1) is 19.5. The van der Waals surface area contributed by atoms with E-state index in [0.29, 0.717) is 18.3 Å². The van der Waals surface area contributed by atoms with Gasteiger partial charge in [0.15, 0.2) is 5.60 Å². The Bertz CT molecular complexity index is 684. The van der Waals surface area contributed by atoms with Crippen LogP contribution in [-0.2, 0) is 4.79 Å². The minimum Gasteiger partial charge on any atom is -0.380 e. The van der Waals surface area contributed by atoms with Gasteiger partial charge in [0.05, 0.1) is 0 Å². The Balaban J connectivity index is 1.65. The van der Waals surface area contributed by atoms with Crippen molar-refractivity contribution in [2.45, 2.75) is 83.9 Å². The fourth-order valence-corrected chi connectivity index (χ4v) is 7.44. The molecule has 4 aliphatic carbocycles. The Labute approximate surface area is 159 Å². The number of alkyl halides is 3. The van der Waals surface area contributed by atoms with Gasteiger partial charge in [0.2, 0.25) is 0 Å². The molecule has 3 saturated carbocycles. The van der Waals surface area contributed by atoms with Crippen molar-refractivity contribution in [1.29, 1.82) is 0 Å². The van der Waals surface area contributed by atoms with Gasteiger partial charge in [-0.1, -0.05) is 25.5 Å². The van der Waals surface area contributed by atoms with Gasteiger partial charge >= 0.3 is 6.18 Å². The maximum atomic E-state index is 13.4. The zero-order valence-corrected chi connectivity index (χ0v) is 16.5. The van der Waals surface area contributed by atoms with Crippen molar-refractivity contribution >= 4 is 5.78 Å². The van der Waals surface area contributed by atoms with Crippen LogP contribution in [0.25, 0.3) is 0 Å². The minimum atomic E-state index is -4.55. The topological polar surface area (TPSA) is 37.3 Å². The summed E-state index contributed by atoms with van der Waals surface area (Å²) in [6, 6.07) is 0. The molecule has 4 aliphatic rings. The summed E-state index contributed by atoms with van der Waals surface area (Å²) in [5, 5.41) is 10.3. The van der Waals surface area contributed by atoms with E-state index < -0.39 is 11.8 Å². The molecule has 27 heavy (non-hydrogen) atoms. The van der Waals surface area contributed by atoms with Crippen molar-refractivity contribution in [2.24, 2.45) is 34.5 Å². The Morgan fingerprint density at radius 2 is 1.85 bits per heavy atom. The van der Waals surface area contributed by atoms with Crippen LogP contribution in [0.5, 0.6) is 0 Å². The molecule has 0 heterocycles. The molecule has 5 heteroatoms. The van der Waals surface area contributed by atoms with Gasteiger partial charge in [0.25, 0.3) is 0 Å². The number of allylic oxidation sites excluding steroid dienone is 2. The molecule has 3 fully saturated rings. The number of carbonyl (C=O) groups is 1. The van der Waals surface area contributed by atoms with E-state index in [0.717, 1.165) is 32.1 Å². The highest BCUT2D eigenvalue weighted by Crippen LogP contribution is 2.66. The third-order valence-electron chi connectivity index (χ3n) is 9.10. The number of carbonyl (C=O) groups excluding carboxylic acids is 1. The molecular formula is C22H31F3O2. The highest BCUT2D eigenvalue weighted by molar-refractivity contribution is 5.79. The maximum absolute atomic E-state index is 13.4. The van der Waals surface area contributed by atoms with E-state index in [1.807, 2.05) is 0 Å². The second-order valence-electron chi connectivity index (χ2n) is 10.2. The Kier molecular flexibility index (Phi) is 4.21. The highest BCUT2D eigenvalue weighted by Gasteiger charge is 2.63. The summed E-state index contributed by atoms with van der Waals surface area (Å²) in [7, 11) is 0. The van der Waals surface area contributed by atoms with Crippen LogP contribution in [0, 0.1) is 34.5 Å². The van der Waals surface area contributed by atoms with Crippen molar-refractivity contribution in [3.8, 4) is 0 Å². The average molecular weight is 384 g/mol. The minimum absolute atomic E-state index is 0.00453. The van der Waals surface area contributed by atoms with E-state index in [-0.39, 0.29) is 41.3 Å². The number of fused-ring (bicyclic) bond motifs is 5. The normalized spacial score (nSPS) is 49.7. The fraction of sp³-hybridized carbons (Fsp3) is 0.864. The molecule has 4 rings (SSSR count). The zero-order valence-electron chi connectivity index (χ0n) is 16.5. The molecule has 0 spiro atoms. The molecule has 7 atom stereocenters. The summed E-state index contributed by atoms with van der Waals surface area (Å²) < 4.78 is 40.2. The lowest BCUT2D eigenvalue weighted by molar-refractivity contribution is -0.282. The number of hydrogen-bond acceptors (Lipinski definition) is 2. The molecule has 0 aromatic heterocycles. The lowest BCUT2D eigenvalue weighted by Crippen LogP contribution is -2.56. The quantitative estimate of drug-likeness (QED) is 0.611. The number of rotatable bonds is 1. The molecule has 0 saturated heterocycles. The summed E-state index contributed by atoms with van der Waals surface area (Å²) in [6.45, 7) is 6.09. The van der Waals surface area contributed by atoms with Crippen LogP contribution >= 0.6 is 0 Å². The number of Topliss-reactive ketones (excluding diaryl/α,β-unsaturated/α-hetero) is 1. The fourth-order valence-electron chi connectivity index (χ4n) is 7.44. The number of hydrogen-bond donors (Lipinski definition) is 1. The maximum Gasteiger partial charge on any atom is 0.417 e. The second-order valence-corrected chi connectivity index (χ2v) is 10.2. The zero-order chi connectivity index (χ0) is 19.8. The van der Waals surface area contributed by atoms with E-state index in [2.05, 4.69) is 19.9 Å². The lowest BCUT2D eigenvalue weighted by Gasteiger charge is -2.58. The van der Waals surface area contributed by atoms with Gasteiger partial charge in [-0.05, 0) is 86.9 Å². The summed E-state index contributed by atoms with van der Waals surface area (Å²) in [5.41, 5.74) is -1.42. The van der Waals surface area contributed by atoms with Crippen LogP contribution < -0.4 is 0 Å². The summed E-state index contributed by atoms with van der Waals surface area (Å²) in [6.07, 6.45) is 2.25. The molecule has 0 radical (unpaired) electrons. The summed E-state index contributed by atoms with van der Waals surface area (Å²) >= 11 is 0. The molecule has 0 amide bonds. The van der Waals surface area contributed by atoms with Gasteiger partial charge in [-0.3, -0.25) is 4.79 Å². The van der Waals surface area contributed by atoms with Gasteiger partial charge in [0.1, 0.15) is 5.78 Å². The summed E-state index contributed by atoms with van der Waals surface area (Å²) in [5.74, 6) is 1.14. The average Bonchev–Trinajstić information content (AvgIpc) is 2.92. The van der Waals surface area contributed by atoms with Gasteiger partial charge in [0, 0.05) is 5.92 Å². The highest BCUT2D eigenvalue weighted by atomic mass is 19.4. The predicted octanol–water partition coefficient (Wildman–Crippen LogP) is 5.45. The third kappa shape index (κ3) is 2.59. The largest absolute Gasteiger partial charge is 0.417 e. The van der Waals surface area contributed by atoms with Crippen LogP contribution in [0.3, 0.4) is 0 Å². The number of ketones is 1. The second kappa shape index (κ2) is 5.84. The van der Waals surface area contributed by atoms with E-state index in [9.17, 15) is 23.1 Å². The molecule has 152 valence electrons. The standard InChI is InChI=1S/C22H31F3O2/c1-13(26)16-6-7-17-15-5-4-14-12-21(27,22(23,24)25)11-10-19(14,2)18(15)8-9-20(16,17)3/h8,14-17,27H,4-7,9-12H2,1-3H3/t14-,15+,16-,17?,19+,20-,21-/m1/s1. The first-order valence-electron chi connectivity index (χ1n) is 10.4. The third-order valence-corrected chi connectivity index (χ3v) is 9.10. The number of aliphatic hydroxyl groups is 1. The van der Waals surface area contributed by atoms with Crippen molar-refractivity contribution < 1.29 is 23.1 Å². The molecule has 0 aromatic carbocycles. The molecule has 1 unspecified atom stereocenters. The predicted molar refractivity (Wildman–Crippen MR) is 96.9 cm³/mol. The Morgan fingerprint density at radius 1 is 1.15 bits per heavy atom. The SMILES string of the molecule is CC(=O)[C@H]1CCC2[C@@H]3CC[C@@H]4C[C@@](O)(C(F)(F)F)CC[C@]4(C)C3=CC[C@@]21C. The van der Waals surface area contributed by atoms with Crippen molar-refractivity contribution in [1.82, 2.24) is 0 Å². The van der Waals surface area contributed by atoms with E-state index in [4.69, 9.17) is 0 Å². The van der Waals surface area contributed by atoms with Gasteiger partial charge in [-0.15, -0.1) is 0 Å². The molecular weight excluding hydrogens is 353 g/mol. The lowest BCUT2D eigenvalue weighted by atomic mass is 9.47. The Morgan fingerprint density at radius 3 is 2.48 bits per heavy atom. The van der Waals surface area contributed by atoms with Gasteiger partial charge < -0.3 is 5.11 Å². The first-order valence-corrected chi connectivity index (χ1v) is 10.4. The van der Waals surface area contributed by atoms with Crippen LogP contribution in [0.1, 0.15) is 72.1 Å². The first-order chi connectivity index (χ1) is 12.4.